The lowest BCUT2D eigenvalue weighted by Crippen LogP contribution is -2.40. The molecule has 1 aliphatic heterocycles. The van der Waals surface area contributed by atoms with Crippen LogP contribution >= 0.6 is 11.3 Å². The van der Waals surface area contributed by atoms with E-state index in [4.69, 9.17) is 0 Å². The topological polar surface area (TPSA) is 37.6 Å². The maximum absolute atomic E-state index is 13.2. The second-order valence-corrected chi connectivity index (χ2v) is 7.83. The van der Waals surface area contributed by atoms with Gasteiger partial charge >= 0.3 is 0 Å². The van der Waals surface area contributed by atoms with Crippen molar-refractivity contribution in [1.29, 1.82) is 0 Å². The number of carbonyl (C=O) groups excluding carboxylic acids is 1. The summed E-state index contributed by atoms with van der Waals surface area (Å²) >= 11 is 1.79. The van der Waals surface area contributed by atoms with Crippen molar-refractivity contribution in [3.05, 3.63) is 94.1 Å². The van der Waals surface area contributed by atoms with Crippen LogP contribution in [-0.4, -0.2) is 26.7 Å². The third-order valence-corrected chi connectivity index (χ3v) is 6.14. The zero-order chi connectivity index (χ0) is 18.2. The molecular formula is C22H19N3OS. The van der Waals surface area contributed by atoms with Crippen LogP contribution in [0.2, 0.25) is 0 Å². The number of amides is 1. The van der Waals surface area contributed by atoms with Gasteiger partial charge in [0.25, 0.3) is 0 Å². The Balaban J connectivity index is 1.48. The number of pyridine rings is 1. The molecular weight excluding hydrogens is 354 g/mol. The maximum atomic E-state index is 13.2. The third-order valence-electron chi connectivity index (χ3n) is 5.15. The van der Waals surface area contributed by atoms with Crippen LogP contribution in [0.1, 0.15) is 27.7 Å². The number of fused-ring (bicyclic) bond motifs is 2. The number of carbonyl (C=O) groups is 1. The summed E-state index contributed by atoms with van der Waals surface area (Å²) < 4.78 is 1.96. The van der Waals surface area contributed by atoms with Crippen LogP contribution in [0, 0.1) is 0 Å². The second kappa shape index (κ2) is 6.67. The van der Waals surface area contributed by atoms with Gasteiger partial charge in [0.2, 0.25) is 5.91 Å². The summed E-state index contributed by atoms with van der Waals surface area (Å²) in [6.45, 7) is 0.749. The predicted molar refractivity (Wildman–Crippen MR) is 107 cm³/mol. The fourth-order valence-corrected chi connectivity index (χ4v) is 4.81. The smallest absolute Gasteiger partial charge is 0.229 e. The van der Waals surface area contributed by atoms with Crippen LogP contribution in [0.3, 0.4) is 0 Å². The summed E-state index contributed by atoms with van der Waals surface area (Å²) in [5.74, 6) is 0.129. The Labute approximate surface area is 161 Å². The number of hydrogen-bond donors (Lipinski definition) is 0. The first-order chi connectivity index (χ1) is 13.3. The van der Waals surface area contributed by atoms with Gasteiger partial charge in [-0.25, -0.2) is 4.98 Å². The Morgan fingerprint density at radius 2 is 1.96 bits per heavy atom. The molecule has 4 heterocycles. The number of rotatable bonds is 3. The van der Waals surface area contributed by atoms with Crippen molar-refractivity contribution in [2.24, 2.45) is 0 Å². The van der Waals surface area contributed by atoms with Gasteiger partial charge in [0.05, 0.1) is 18.2 Å². The van der Waals surface area contributed by atoms with E-state index < -0.39 is 0 Å². The zero-order valence-electron chi connectivity index (χ0n) is 14.8. The standard InChI is InChI=1S/C22H19N3OS/c26-21(14-17-15-24-11-5-4-8-20(24)23-17)25-12-9-19-18(10-13-27-19)22(25)16-6-2-1-3-7-16/h1-8,10-11,13,15,22H,9,12,14H2/t22-/m0/s1. The average Bonchev–Trinajstić information content (AvgIpc) is 3.33. The lowest BCUT2D eigenvalue weighted by atomic mass is 9.93. The van der Waals surface area contributed by atoms with E-state index in [0.29, 0.717) is 6.42 Å². The molecule has 0 unspecified atom stereocenters. The van der Waals surface area contributed by atoms with Gasteiger partial charge in [-0.15, -0.1) is 11.3 Å². The monoisotopic (exact) mass is 373 g/mol. The number of imidazole rings is 1. The summed E-state index contributed by atoms with van der Waals surface area (Å²) in [7, 11) is 0. The molecule has 0 aliphatic carbocycles. The highest BCUT2D eigenvalue weighted by molar-refractivity contribution is 7.10. The molecule has 0 radical (unpaired) electrons. The minimum Gasteiger partial charge on any atom is -0.331 e. The van der Waals surface area contributed by atoms with E-state index in [-0.39, 0.29) is 11.9 Å². The fraction of sp³-hybridized carbons (Fsp3) is 0.182. The van der Waals surface area contributed by atoms with Crippen molar-refractivity contribution in [1.82, 2.24) is 14.3 Å². The summed E-state index contributed by atoms with van der Waals surface area (Å²) in [6, 6.07) is 18.4. The van der Waals surface area contributed by atoms with Crippen LogP contribution in [0.25, 0.3) is 5.65 Å². The molecule has 1 amide bonds. The highest BCUT2D eigenvalue weighted by Crippen LogP contribution is 2.37. The van der Waals surface area contributed by atoms with Crippen molar-refractivity contribution in [2.45, 2.75) is 18.9 Å². The van der Waals surface area contributed by atoms with E-state index in [1.807, 2.05) is 58.1 Å². The summed E-state index contributed by atoms with van der Waals surface area (Å²) in [5, 5.41) is 2.14. The minimum atomic E-state index is -0.00858. The Morgan fingerprint density at radius 1 is 1.11 bits per heavy atom. The van der Waals surface area contributed by atoms with E-state index in [0.717, 1.165) is 24.3 Å². The molecule has 4 nitrogen and oxygen atoms in total. The first-order valence-corrected chi connectivity index (χ1v) is 10.0. The van der Waals surface area contributed by atoms with Crippen molar-refractivity contribution in [2.75, 3.05) is 6.54 Å². The highest BCUT2D eigenvalue weighted by Gasteiger charge is 2.32. The molecule has 0 spiro atoms. The molecule has 0 saturated carbocycles. The molecule has 1 aromatic carbocycles. The molecule has 4 aromatic rings. The number of nitrogens with zero attached hydrogens (tertiary/aromatic N) is 3. The van der Waals surface area contributed by atoms with Crippen LogP contribution in [0.4, 0.5) is 0 Å². The van der Waals surface area contributed by atoms with Gasteiger partial charge < -0.3 is 9.30 Å². The van der Waals surface area contributed by atoms with Crippen LogP contribution in [0.5, 0.6) is 0 Å². The normalized spacial score (nSPS) is 16.4. The van der Waals surface area contributed by atoms with E-state index in [2.05, 4.69) is 28.6 Å². The molecule has 0 N–H and O–H groups in total. The van der Waals surface area contributed by atoms with E-state index in [9.17, 15) is 4.79 Å². The summed E-state index contributed by atoms with van der Waals surface area (Å²) in [6.07, 6.45) is 5.16. The quantitative estimate of drug-likeness (QED) is 0.542. The SMILES string of the molecule is O=C(Cc1cn2ccccc2n1)N1CCc2sccc2[C@@H]1c1ccccc1. The van der Waals surface area contributed by atoms with Gasteiger partial charge in [0.1, 0.15) is 5.65 Å². The Morgan fingerprint density at radius 3 is 2.81 bits per heavy atom. The van der Waals surface area contributed by atoms with Gasteiger partial charge in [0.15, 0.2) is 0 Å². The Hall–Kier alpha value is -2.92. The Bertz CT molecular complexity index is 1070. The molecule has 1 atom stereocenters. The van der Waals surface area contributed by atoms with Gasteiger partial charge in [0, 0.05) is 23.8 Å². The minimum absolute atomic E-state index is 0.00858. The number of hydrogen-bond acceptors (Lipinski definition) is 3. The molecule has 27 heavy (non-hydrogen) atoms. The molecule has 1 aliphatic rings. The summed E-state index contributed by atoms with van der Waals surface area (Å²) in [4.78, 5) is 21.2. The third kappa shape index (κ3) is 2.94. The maximum Gasteiger partial charge on any atom is 0.229 e. The molecule has 5 heteroatoms. The van der Waals surface area contributed by atoms with Crippen LogP contribution in [-0.2, 0) is 17.6 Å². The summed E-state index contributed by atoms with van der Waals surface area (Å²) in [5.41, 5.74) is 4.12. The van der Waals surface area contributed by atoms with Crippen molar-refractivity contribution in [3.8, 4) is 0 Å². The van der Waals surface area contributed by atoms with Crippen molar-refractivity contribution < 1.29 is 4.79 Å². The first kappa shape index (κ1) is 16.3. The van der Waals surface area contributed by atoms with Gasteiger partial charge in [-0.3, -0.25) is 4.79 Å². The van der Waals surface area contributed by atoms with E-state index >= 15 is 0 Å². The molecule has 0 fully saturated rings. The fourth-order valence-electron chi connectivity index (χ4n) is 3.91. The molecule has 0 saturated heterocycles. The predicted octanol–water partition coefficient (Wildman–Crippen LogP) is 4.11. The molecule has 0 bridgehead atoms. The van der Waals surface area contributed by atoms with Crippen molar-refractivity contribution in [3.63, 3.8) is 0 Å². The van der Waals surface area contributed by atoms with Crippen molar-refractivity contribution >= 4 is 22.9 Å². The average molecular weight is 373 g/mol. The second-order valence-electron chi connectivity index (χ2n) is 6.82. The molecule has 3 aromatic heterocycles. The van der Waals surface area contributed by atoms with E-state index in [1.54, 1.807) is 11.3 Å². The lowest BCUT2D eigenvalue weighted by molar-refractivity contribution is -0.132. The highest BCUT2D eigenvalue weighted by atomic mass is 32.1. The molecule has 134 valence electrons. The van der Waals surface area contributed by atoms with Gasteiger partial charge in [-0.1, -0.05) is 36.4 Å². The van der Waals surface area contributed by atoms with Gasteiger partial charge in [-0.2, -0.15) is 0 Å². The number of aromatic nitrogens is 2. The zero-order valence-corrected chi connectivity index (χ0v) is 15.6. The lowest BCUT2D eigenvalue weighted by Gasteiger charge is -2.36. The molecule has 5 rings (SSSR count). The first-order valence-electron chi connectivity index (χ1n) is 9.13. The Kier molecular flexibility index (Phi) is 4.02. The number of benzene rings is 1. The number of thiophene rings is 1. The van der Waals surface area contributed by atoms with E-state index in [1.165, 1.54) is 16.0 Å². The largest absolute Gasteiger partial charge is 0.331 e. The van der Waals surface area contributed by atoms with Crippen LogP contribution in [0.15, 0.2) is 72.4 Å². The van der Waals surface area contributed by atoms with Gasteiger partial charge in [-0.05, 0) is 41.1 Å². The van der Waals surface area contributed by atoms with Crippen LogP contribution < -0.4 is 0 Å².